The van der Waals surface area contributed by atoms with Crippen molar-refractivity contribution in [3.63, 3.8) is 0 Å². The number of carbonyl (C=O) groups excluding carboxylic acids is 2. The molecule has 0 spiro atoms. The molecule has 3 unspecified atom stereocenters. The Balaban J connectivity index is 1.74. The molecule has 134 valence electrons. The number of aliphatic hydroxyl groups excluding tert-OH is 1. The SMILES string of the molecule is CC(=O)N1C=Cc2ccccc2C1CC(=O)NC1CCCCC1CO. The van der Waals surface area contributed by atoms with Crippen LogP contribution in [0.2, 0.25) is 0 Å². The number of fused-ring (bicyclic) bond motifs is 1. The van der Waals surface area contributed by atoms with Crippen molar-refractivity contribution in [3.05, 3.63) is 41.6 Å². The Bertz CT molecular complexity index is 671. The van der Waals surface area contributed by atoms with Gasteiger partial charge in [-0.25, -0.2) is 0 Å². The van der Waals surface area contributed by atoms with Gasteiger partial charge in [-0.15, -0.1) is 0 Å². The molecule has 25 heavy (non-hydrogen) atoms. The summed E-state index contributed by atoms with van der Waals surface area (Å²) in [6.45, 7) is 1.63. The van der Waals surface area contributed by atoms with Crippen molar-refractivity contribution in [2.24, 2.45) is 5.92 Å². The highest BCUT2D eigenvalue weighted by atomic mass is 16.3. The fourth-order valence-electron chi connectivity index (χ4n) is 3.97. The monoisotopic (exact) mass is 342 g/mol. The van der Waals surface area contributed by atoms with E-state index in [1.807, 2.05) is 30.3 Å². The molecule has 1 aromatic rings. The van der Waals surface area contributed by atoms with E-state index in [9.17, 15) is 14.7 Å². The number of rotatable bonds is 4. The molecule has 2 aliphatic rings. The van der Waals surface area contributed by atoms with E-state index < -0.39 is 0 Å². The minimum atomic E-state index is -0.283. The summed E-state index contributed by atoms with van der Waals surface area (Å²) in [4.78, 5) is 26.3. The zero-order valence-corrected chi connectivity index (χ0v) is 14.6. The molecule has 2 amide bonds. The molecule has 5 nitrogen and oxygen atoms in total. The topological polar surface area (TPSA) is 69.6 Å². The van der Waals surface area contributed by atoms with Crippen LogP contribution < -0.4 is 5.32 Å². The quantitative estimate of drug-likeness (QED) is 0.884. The maximum Gasteiger partial charge on any atom is 0.223 e. The first kappa shape index (κ1) is 17.7. The highest BCUT2D eigenvalue weighted by Gasteiger charge is 2.30. The lowest BCUT2D eigenvalue weighted by Gasteiger charge is -2.34. The van der Waals surface area contributed by atoms with Gasteiger partial charge >= 0.3 is 0 Å². The third kappa shape index (κ3) is 3.93. The fraction of sp³-hybridized carbons (Fsp3) is 0.500. The average Bonchev–Trinajstić information content (AvgIpc) is 2.62. The Morgan fingerprint density at radius 1 is 1.24 bits per heavy atom. The van der Waals surface area contributed by atoms with Gasteiger partial charge in [-0.1, -0.05) is 37.1 Å². The molecular formula is C20H26N2O3. The van der Waals surface area contributed by atoms with Crippen LogP contribution in [0.1, 0.15) is 56.2 Å². The molecule has 3 atom stereocenters. The van der Waals surface area contributed by atoms with E-state index in [1.54, 1.807) is 11.1 Å². The minimum Gasteiger partial charge on any atom is -0.396 e. The summed E-state index contributed by atoms with van der Waals surface area (Å²) in [5.41, 5.74) is 2.04. The number of benzene rings is 1. The average molecular weight is 342 g/mol. The van der Waals surface area contributed by atoms with Crippen molar-refractivity contribution >= 4 is 17.9 Å². The second-order valence-corrected chi connectivity index (χ2v) is 6.99. The predicted octanol–water partition coefficient (Wildman–Crippen LogP) is 2.62. The first-order chi connectivity index (χ1) is 12.1. The van der Waals surface area contributed by atoms with Gasteiger partial charge in [-0.3, -0.25) is 9.59 Å². The van der Waals surface area contributed by atoms with Crippen molar-refractivity contribution in [2.75, 3.05) is 6.61 Å². The van der Waals surface area contributed by atoms with Crippen LogP contribution in [0, 0.1) is 5.92 Å². The number of carbonyl (C=O) groups is 2. The second kappa shape index (κ2) is 7.83. The van der Waals surface area contributed by atoms with Gasteiger partial charge in [0, 0.05) is 31.7 Å². The lowest BCUT2D eigenvalue weighted by molar-refractivity contribution is -0.130. The molecule has 0 bridgehead atoms. The molecular weight excluding hydrogens is 316 g/mol. The van der Waals surface area contributed by atoms with Crippen molar-refractivity contribution in [3.8, 4) is 0 Å². The van der Waals surface area contributed by atoms with Gasteiger partial charge in [0.25, 0.3) is 0 Å². The number of hydrogen-bond donors (Lipinski definition) is 2. The van der Waals surface area contributed by atoms with Crippen LogP contribution in [-0.4, -0.2) is 34.5 Å². The van der Waals surface area contributed by atoms with E-state index in [-0.39, 0.29) is 42.8 Å². The predicted molar refractivity (Wildman–Crippen MR) is 96.3 cm³/mol. The van der Waals surface area contributed by atoms with E-state index in [2.05, 4.69) is 5.32 Å². The summed E-state index contributed by atoms with van der Waals surface area (Å²) in [6, 6.07) is 7.62. The molecule has 0 aromatic heterocycles. The minimum absolute atomic E-state index is 0.0337. The summed E-state index contributed by atoms with van der Waals surface area (Å²) in [7, 11) is 0. The maximum absolute atomic E-state index is 12.7. The van der Waals surface area contributed by atoms with Crippen LogP contribution >= 0.6 is 0 Å². The number of nitrogens with one attached hydrogen (secondary N) is 1. The molecule has 1 fully saturated rings. The van der Waals surface area contributed by atoms with Crippen LogP contribution in [0.5, 0.6) is 0 Å². The van der Waals surface area contributed by atoms with E-state index in [1.165, 1.54) is 6.92 Å². The van der Waals surface area contributed by atoms with Crippen LogP contribution in [-0.2, 0) is 9.59 Å². The van der Waals surface area contributed by atoms with Crippen molar-refractivity contribution < 1.29 is 14.7 Å². The Morgan fingerprint density at radius 2 is 2.00 bits per heavy atom. The molecule has 0 radical (unpaired) electrons. The van der Waals surface area contributed by atoms with Gasteiger partial charge in [0.2, 0.25) is 11.8 Å². The molecule has 0 saturated heterocycles. The number of hydrogen-bond acceptors (Lipinski definition) is 3. The van der Waals surface area contributed by atoms with Gasteiger partial charge in [0.05, 0.1) is 12.5 Å². The third-order valence-electron chi connectivity index (χ3n) is 5.34. The van der Waals surface area contributed by atoms with Gasteiger partial charge < -0.3 is 15.3 Å². The summed E-state index contributed by atoms with van der Waals surface area (Å²) >= 11 is 0. The Labute approximate surface area is 148 Å². The summed E-state index contributed by atoms with van der Waals surface area (Å²) in [5, 5.41) is 12.6. The highest BCUT2D eigenvalue weighted by molar-refractivity contribution is 5.82. The van der Waals surface area contributed by atoms with E-state index in [0.29, 0.717) is 0 Å². The van der Waals surface area contributed by atoms with Crippen LogP contribution in [0.3, 0.4) is 0 Å². The number of amides is 2. The Hall–Kier alpha value is -2.14. The molecule has 1 aromatic carbocycles. The van der Waals surface area contributed by atoms with E-state index >= 15 is 0 Å². The summed E-state index contributed by atoms with van der Waals surface area (Å²) in [6.07, 6.45) is 7.96. The van der Waals surface area contributed by atoms with Crippen molar-refractivity contribution in [2.45, 2.75) is 51.1 Å². The highest BCUT2D eigenvalue weighted by Crippen LogP contribution is 2.33. The Kier molecular flexibility index (Phi) is 5.53. The zero-order chi connectivity index (χ0) is 17.8. The molecule has 3 rings (SSSR count). The maximum atomic E-state index is 12.7. The van der Waals surface area contributed by atoms with E-state index in [0.717, 1.165) is 36.8 Å². The lowest BCUT2D eigenvalue weighted by atomic mass is 9.85. The molecule has 1 heterocycles. The third-order valence-corrected chi connectivity index (χ3v) is 5.34. The largest absolute Gasteiger partial charge is 0.396 e. The van der Waals surface area contributed by atoms with Gasteiger partial charge in [0.15, 0.2) is 0 Å². The molecule has 2 N–H and O–H groups in total. The first-order valence-electron chi connectivity index (χ1n) is 9.06. The second-order valence-electron chi connectivity index (χ2n) is 6.99. The Morgan fingerprint density at radius 3 is 2.76 bits per heavy atom. The lowest BCUT2D eigenvalue weighted by Crippen LogP contribution is -2.45. The first-order valence-corrected chi connectivity index (χ1v) is 9.06. The fourth-order valence-corrected chi connectivity index (χ4v) is 3.97. The molecule has 1 aliphatic heterocycles. The number of aliphatic hydroxyl groups is 1. The van der Waals surface area contributed by atoms with Crippen molar-refractivity contribution in [1.29, 1.82) is 0 Å². The van der Waals surface area contributed by atoms with Gasteiger partial charge in [-0.05, 0) is 30.0 Å². The molecule has 1 aliphatic carbocycles. The van der Waals surface area contributed by atoms with Crippen LogP contribution in [0.4, 0.5) is 0 Å². The molecule has 1 saturated carbocycles. The van der Waals surface area contributed by atoms with Gasteiger partial charge in [0.1, 0.15) is 0 Å². The standard InChI is InChI=1S/C20H26N2O3/c1-14(24)22-11-10-15-6-2-4-8-17(15)19(22)12-20(25)21-18-9-5-3-7-16(18)13-23/h2,4,6,8,10-11,16,18-19,23H,3,5,7,9,12-13H2,1H3,(H,21,25). The van der Waals surface area contributed by atoms with Crippen LogP contribution in [0.15, 0.2) is 30.5 Å². The van der Waals surface area contributed by atoms with Crippen LogP contribution in [0.25, 0.3) is 6.08 Å². The summed E-state index contributed by atoms with van der Waals surface area (Å²) < 4.78 is 0. The number of nitrogens with zero attached hydrogens (tertiary/aromatic N) is 1. The van der Waals surface area contributed by atoms with Gasteiger partial charge in [-0.2, -0.15) is 0 Å². The van der Waals surface area contributed by atoms with E-state index in [4.69, 9.17) is 0 Å². The smallest absolute Gasteiger partial charge is 0.223 e. The zero-order valence-electron chi connectivity index (χ0n) is 14.6. The van der Waals surface area contributed by atoms with Crippen molar-refractivity contribution in [1.82, 2.24) is 10.2 Å². The molecule has 5 heteroatoms. The normalized spacial score (nSPS) is 25.4. The summed E-state index contributed by atoms with van der Waals surface area (Å²) in [5.74, 6) is 0.00121.